The number of nitrogens with zero attached hydrogens (tertiary/aromatic N) is 3. The van der Waals surface area contributed by atoms with E-state index in [1.165, 1.54) is 13.0 Å². The molecule has 0 spiro atoms. The highest BCUT2D eigenvalue weighted by Crippen LogP contribution is 2.26. The molecular formula is C15H13N3O4S. The number of fused-ring (bicyclic) bond motifs is 1. The summed E-state index contributed by atoms with van der Waals surface area (Å²) in [6.07, 6.45) is 1.64. The number of thiazole rings is 1. The molecule has 0 saturated carbocycles. The largest absolute Gasteiger partial charge is 0.504 e. The molecule has 0 bridgehead atoms. The van der Waals surface area contributed by atoms with Gasteiger partial charge >= 0.3 is 0 Å². The highest BCUT2D eigenvalue weighted by molar-refractivity contribution is 7.15. The third-order valence-corrected chi connectivity index (χ3v) is 4.08. The molecule has 0 atom stereocenters. The van der Waals surface area contributed by atoms with Crippen LogP contribution in [0, 0.1) is 6.92 Å². The summed E-state index contributed by atoms with van der Waals surface area (Å²) < 4.78 is 6.83. The number of benzene rings is 1. The number of aromatic nitrogens is 3. The molecule has 1 N–H and O–H groups in total. The molecule has 2 aromatic heterocycles. The molecule has 23 heavy (non-hydrogen) atoms. The summed E-state index contributed by atoms with van der Waals surface area (Å²) in [5, 5.41) is 13.7. The zero-order chi connectivity index (χ0) is 16.6. The predicted octanol–water partition coefficient (Wildman–Crippen LogP) is 0.472. The quantitative estimate of drug-likeness (QED) is 0.750. The number of aryl methyl sites for hydroxylation is 1. The van der Waals surface area contributed by atoms with Crippen molar-refractivity contribution in [3.63, 3.8) is 0 Å². The van der Waals surface area contributed by atoms with Crippen LogP contribution in [-0.4, -0.2) is 26.3 Å². The number of rotatable bonds is 3. The van der Waals surface area contributed by atoms with Crippen LogP contribution in [0.5, 0.6) is 11.5 Å². The average molecular weight is 331 g/mol. The van der Waals surface area contributed by atoms with Crippen LogP contribution in [0.1, 0.15) is 18.2 Å². The van der Waals surface area contributed by atoms with Gasteiger partial charge in [-0.05, 0) is 37.6 Å². The number of phenolic OH excluding ortho intramolecular Hbond substituents is 1. The first-order valence-electron chi connectivity index (χ1n) is 6.87. The number of hydrogen-bond donors (Lipinski definition) is 1. The normalized spacial score (nSPS) is 12.0. The van der Waals surface area contributed by atoms with Crippen LogP contribution in [0.3, 0.4) is 0 Å². The average Bonchev–Trinajstić information content (AvgIpc) is 2.80. The first kappa shape index (κ1) is 15.2. The van der Waals surface area contributed by atoms with Crippen molar-refractivity contribution in [3.05, 3.63) is 54.7 Å². The Labute approximate surface area is 134 Å². The molecule has 3 rings (SSSR count). The van der Waals surface area contributed by atoms with E-state index in [0.29, 0.717) is 22.5 Å². The van der Waals surface area contributed by atoms with E-state index in [0.717, 1.165) is 15.9 Å². The summed E-state index contributed by atoms with van der Waals surface area (Å²) in [6, 6.07) is 4.80. The van der Waals surface area contributed by atoms with Crippen molar-refractivity contribution >= 4 is 22.4 Å². The van der Waals surface area contributed by atoms with Crippen LogP contribution < -0.4 is 20.4 Å². The van der Waals surface area contributed by atoms with Crippen molar-refractivity contribution in [2.75, 3.05) is 6.61 Å². The molecule has 118 valence electrons. The molecule has 0 saturated heterocycles. The molecule has 0 fully saturated rings. The van der Waals surface area contributed by atoms with Crippen LogP contribution in [-0.2, 0) is 0 Å². The van der Waals surface area contributed by atoms with E-state index < -0.39 is 5.56 Å². The van der Waals surface area contributed by atoms with Crippen molar-refractivity contribution in [1.29, 1.82) is 0 Å². The second kappa shape index (κ2) is 5.81. The van der Waals surface area contributed by atoms with E-state index in [2.05, 4.69) is 10.1 Å². The lowest BCUT2D eigenvalue weighted by molar-refractivity contribution is 0.318. The Morgan fingerprint density at radius 3 is 2.91 bits per heavy atom. The lowest BCUT2D eigenvalue weighted by Crippen LogP contribution is -2.27. The summed E-state index contributed by atoms with van der Waals surface area (Å²) in [7, 11) is 0. The SMILES string of the molecule is CCOc1cc(C=c2sc3nc(=O)c(C)nn3c2=O)ccc1O. The molecule has 0 aliphatic carbocycles. The van der Waals surface area contributed by atoms with Gasteiger partial charge in [-0.3, -0.25) is 9.59 Å². The first-order chi connectivity index (χ1) is 11.0. The Morgan fingerprint density at radius 2 is 2.17 bits per heavy atom. The predicted molar refractivity (Wildman–Crippen MR) is 86.2 cm³/mol. The van der Waals surface area contributed by atoms with Gasteiger partial charge in [-0.1, -0.05) is 17.4 Å². The molecule has 1 aromatic carbocycles. The maximum absolute atomic E-state index is 12.3. The lowest BCUT2D eigenvalue weighted by Gasteiger charge is -2.05. The minimum Gasteiger partial charge on any atom is -0.504 e. The third kappa shape index (κ3) is 2.80. The number of phenols is 1. The van der Waals surface area contributed by atoms with E-state index in [1.807, 2.05) is 6.92 Å². The summed E-state index contributed by atoms with van der Waals surface area (Å²) in [4.78, 5) is 27.9. The zero-order valence-corrected chi connectivity index (χ0v) is 13.3. The monoisotopic (exact) mass is 331 g/mol. The van der Waals surface area contributed by atoms with Gasteiger partial charge in [0.15, 0.2) is 11.5 Å². The highest BCUT2D eigenvalue weighted by Gasteiger charge is 2.09. The standard InChI is InChI=1S/C15H13N3O4S/c1-3-22-11-6-9(4-5-10(11)19)7-12-14(21)18-15(23-12)16-13(20)8(2)17-18/h4-7,19H,3H2,1-2H3. The van der Waals surface area contributed by atoms with Crippen LogP contribution >= 0.6 is 11.3 Å². The van der Waals surface area contributed by atoms with Gasteiger partial charge in [0.2, 0.25) is 4.96 Å². The molecule has 8 heteroatoms. The molecule has 0 aliphatic rings. The van der Waals surface area contributed by atoms with Crippen LogP contribution in [0.2, 0.25) is 0 Å². The molecule has 0 unspecified atom stereocenters. The Hall–Kier alpha value is -2.74. The molecule has 7 nitrogen and oxygen atoms in total. The van der Waals surface area contributed by atoms with E-state index >= 15 is 0 Å². The van der Waals surface area contributed by atoms with E-state index in [1.54, 1.807) is 18.2 Å². The minimum absolute atomic E-state index is 0.0343. The third-order valence-electron chi connectivity index (χ3n) is 3.12. The van der Waals surface area contributed by atoms with Crippen molar-refractivity contribution in [2.24, 2.45) is 0 Å². The maximum atomic E-state index is 12.3. The molecule has 0 amide bonds. The Bertz CT molecular complexity index is 1050. The fourth-order valence-electron chi connectivity index (χ4n) is 2.03. The Morgan fingerprint density at radius 1 is 1.39 bits per heavy atom. The second-order valence-electron chi connectivity index (χ2n) is 4.77. The van der Waals surface area contributed by atoms with Crippen molar-refractivity contribution < 1.29 is 9.84 Å². The van der Waals surface area contributed by atoms with Crippen LogP contribution in [0.25, 0.3) is 11.0 Å². The van der Waals surface area contributed by atoms with Crippen molar-refractivity contribution in [1.82, 2.24) is 14.6 Å². The molecule has 0 radical (unpaired) electrons. The smallest absolute Gasteiger partial charge is 0.295 e. The number of aromatic hydroxyl groups is 1. The van der Waals surface area contributed by atoms with Crippen LogP contribution in [0.4, 0.5) is 0 Å². The Balaban J connectivity index is 2.18. The van der Waals surface area contributed by atoms with E-state index in [-0.39, 0.29) is 22.0 Å². The molecule has 0 aliphatic heterocycles. The second-order valence-corrected chi connectivity index (χ2v) is 5.78. The van der Waals surface area contributed by atoms with Gasteiger partial charge in [0.05, 0.1) is 11.1 Å². The summed E-state index contributed by atoms with van der Waals surface area (Å²) in [5.74, 6) is 0.378. The highest BCUT2D eigenvalue weighted by atomic mass is 32.1. The Kier molecular flexibility index (Phi) is 3.83. The van der Waals surface area contributed by atoms with Crippen molar-refractivity contribution in [2.45, 2.75) is 13.8 Å². The van der Waals surface area contributed by atoms with Gasteiger partial charge in [0.1, 0.15) is 5.69 Å². The lowest BCUT2D eigenvalue weighted by atomic mass is 10.2. The summed E-state index contributed by atoms with van der Waals surface area (Å²) in [5.41, 5.74) is 0.0782. The zero-order valence-electron chi connectivity index (χ0n) is 12.4. The fourth-order valence-corrected chi connectivity index (χ4v) is 2.93. The van der Waals surface area contributed by atoms with Gasteiger partial charge < -0.3 is 9.84 Å². The van der Waals surface area contributed by atoms with Crippen LogP contribution in [0.15, 0.2) is 27.8 Å². The number of ether oxygens (including phenoxy) is 1. The van der Waals surface area contributed by atoms with Gasteiger partial charge in [-0.15, -0.1) is 0 Å². The summed E-state index contributed by atoms with van der Waals surface area (Å²) >= 11 is 1.08. The van der Waals surface area contributed by atoms with Crippen molar-refractivity contribution in [3.8, 4) is 11.5 Å². The van der Waals surface area contributed by atoms with E-state index in [4.69, 9.17) is 4.74 Å². The molecular weight excluding hydrogens is 318 g/mol. The number of hydrogen-bond acceptors (Lipinski definition) is 7. The van der Waals surface area contributed by atoms with Gasteiger partial charge in [-0.2, -0.15) is 14.6 Å². The van der Waals surface area contributed by atoms with E-state index in [9.17, 15) is 14.7 Å². The molecule has 3 aromatic rings. The topological polar surface area (TPSA) is 93.8 Å². The fraction of sp³-hybridized carbons (Fsp3) is 0.200. The maximum Gasteiger partial charge on any atom is 0.295 e. The minimum atomic E-state index is -0.443. The first-order valence-corrected chi connectivity index (χ1v) is 7.69. The van der Waals surface area contributed by atoms with Gasteiger partial charge in [0.25, 0.3) is 11.1 Å². The van der Waals surface area contributed by atoms with Gasteiger partial charge in [-0.25, -0.2) is 0 Å². The van der Waals surface area contributed by atoms with Gasteiger partial charge in [0, 0.05) is 0 Å². The summed E-state index contributed by atoms with van der Waals surface area (Å²) in [6.45, 7) is 3.74. The molecule has 2 heterocycles.